The van der Waals surface area contributed by atoms with Gasteiger partial charge in [0, 0.05) is 13.7 Å². The Morgan fingerprint density at radius 3 is 2.52 bits per heavy atom. The molecule has 1 N–H and O–H groups in total. The van der Waals surface area contributed by atoms with Gasteiger partial charge in [-0.15, -0.1) is 11.3 Å². The molecule has 0 aliphatic carbocycles. The van der Waals surface area contributed by atoms with Crippen LogP contribution in [-0.4, -0.2) is 34.6 Å². The molecule has 0 radical (unpaired) electrons. The molecule has 112 valence electrons. The smallest absolute Gasteiger partial charge is 0.266 e. The summed E-state index contributed by atoms with van der Waals surface area (Å²) in [6.45, 7) is 3.79. The Bertz CT molecular complexity index is 610. The highest BCUT2D eigenvalue weighted by atomic mass is 32.1. The van der Waals surface area contributed by atoms with Crippen LogP contribution in [0, 0.1) is 13.8 Å². The third kappa shape index (κ3) is 3.49. The number of amides is 1. The van der Waals surface area contributed by atoms with Crippen LogP contribution in [0.1, 0.15) is 38.4 Å². The third-order valence-electron chi connectivity index (χ3n) is 3.47. The minimum atomic E-state index is -0.134. The molecule has 1 atom stereocenters. The molecule has 1 aromatic carbocycles. The van der Waals surface area contributed by atoms with Crippen molar-refractivity contribution >= 4 is 17.2 Å². The fourth-order valence-corrected chi connectivity index (χ4v) is 3.32. The van der Waals surface area contributed by atoms with E-state index < -0.39 is 0 Å². The van der Waals surface area contributed by atoms with E-state index in [1.807, 2.05) is 44.2 Å². The lowest BCUT2D eigenvalue weighted by molar-refractivity contribution is 0.0709. The first-order chi connectivity index (χ1) is 10.0. The number of carbonyl (C=O) groups is 1. The number of aliphatic hydroxyl groups excluding tert-OH is 1. The van der Waals surface area contributed by atoms with Gasteiger partial charge in [-0.2, -0.15) is 0 Å². The number of thiazole rings is 1. The topological polar surface area (TPSA) is 53.4 Å². The van der Waals surface area contributed by atoms with E-state index in [2.05, 4.69) is 4.98 Å². The maximum absolute atomic E-state index is 12.7. The van der Waals surface area contributed by atoms with E-state index in [4.69, 9.17) is 0 Å². The number of aliphatic hydroxyl groups is 1. The molecule has 2 rings (SSSR count). The fourth-order valence-electron chi connectivity index (χ4n) is 2.41. The average molecular weight is 304 g/mol. The number of carbonyl (C=O) groups excluding carboxylic acids is 1. The molecule has 1 amide bonds. The van der Waals surface area contributed by atoms with Crippen molar-refractivity contribution < 1.29 is 9.90 Å². The van der Waals surface area contributed by atoms with Gasteiger partial charge in [0.15, 0.2) is 0 Å². The monoisotopic (exact) mass is 304 g/mol. The molecular formula is C16H20N2O2S. The SMILES string of the molecule is Cc1nc(C)c(C(=O)N(C)C(CCO)c2ccccc2)s1. The van der Waals surface area contributed by atoms with Gasteiger partial charge in [-0.1, -0.05) is 30.3 Å². The molecule has 2 aromatic rings. The van der Waals surface area contributed by atoms with Gasteiger partial charge in [0.1, 0.15) is 4.88 Å². The second-order valence-electron chi connectivity index (χ2n) is 5.00. The van der Waals surface area contributed by atoms with Crippen molar-refractivity contribution in [1.29, 1.82) is 0 Å². The van der Waals surface area contributed by atoms with Crippen molar-refractivity contribution in [3.05, 3.63) is 51.5 Å². The summed E-state index contributed by atoms with van der Waals surface area (Å²) < 4.78 is 0. The highest BCUT2D eigenvalue weighted by molar-refractivity contribution is 7.13. The molecule has 0 saturated carbocycles. The molecule has 1 heterocycles. The van der Waals surface area contributed by atoms with Crippen LogP contribution in [0.5, 0.6) is 0 Å². The molecule has 0 aliphatic rings. The van der Waals surface area contributed by atoms with Crippen LogP contribution in [0.2, 0.25) is 0 Å². The molecule has 4 nitrogen and oxygen atoms in total. The fraction of sp³-hybridized carbons (Fsp3) is 0.375. The Morgan fingerprint density at radius 1 is 1.33 bits per heavy atom. The molecule has 1 unspecified atom stereocenters. The van der Waals surface area contributed by atoms with Crippen molar-refractivity contribution in [2.24, 2.45) is 0 Å². The summed E-state index contributed by atoms with van der Waals surface area (Å²) in [5.41, 5.74) is 1.80. The first kappa shape index (κ1) is 15.7. The highest BCUT2D eigenvalue weighted by Gasteiger charge is 2.25. The number of aromatic nitrogens is 1. The van der Waals surface area contributed by atoms with Crippen molar-refractivity contribution in [3.63, 3.8) is 0 Å². The lowest BCUT2D eigenvalue weighted by atomic mass is 10.0. The molecule has 0 saturated heterocycles. The van der Waals surface area contributed by atoms with Gasteiger partial charge in [-0.05, 0) is 25.8 Å². The summed E-state index contributed by atoms with van der Waals surface area (Å²) in [7, 11) is 1.78. The number of aryl methyl sites for hydroxylation is 2. The van der Waals surface area contributed by atoms with Crippen LogP contribution in [-0.2, 0) is 0 Å². The van der Waals surface area contributed by atoms with E-state index in [-0.39, 0.29) is 18.6 Å². The first-order valence-corrected chi connectivity index (χ1v) is 7.73. The summed E-state index contributed by atoms with van der Waals surface area (Å²) in [6.07, 6.45) is 0.517. The second kappa shape index (κ2) is 6.83. The van der Waals surface area contributed by atoms with E-state index >= 15 is 0 Å². The Balaban J connectivity index is 2.28. The molecule has 1 aromatic heterocycles. The number of hydrogen-bond acceptors (Lipinski definition) is 4. The Morgan fingerprint density at radius 2 is 2.00 bits per heavy atom. The van der Waals surface area contributed by atoms with Crippen LogP contribution < -0.4 is 0 Å². The molecule has 21 heavy (non-hydrogen) atoms. The summed E-state index contributed by atoms with van der Waals surface area (Å²) in [5.74, 6) is -0.0413. The number of hydrogen-bond donors (Lipinski definition) is 1. The molecule has 0 aliphatic heterocycles. The van der Waals surface area contributed by atoms with Crippen LogP contribution in [0.3, 0.4) is 0 Å². The number of rotatable bonds is 5. The van der Waals surface area contributed by atoms with Crippen molar-refractivity contribution in [2.45, 2.75) is 26.3 Å². The zero-order valence-electron chi connectivity index (χ0n) is 12.5. The molecule has 5 heteroatoms. The van der Waals surface area contributed by atoms with Gasteiger partial charge in [-0.25, -0.2) is 4.98 Å². The standard InChI is InChI=1S/C16H20N2O2S/c1-11-15(21-12(2)17-11)16(20)18(3)14(9-10-19)13-7-5-4-6-8-13/h4-8,14,19H,9-10H2,1-3H3. The largest absolute Gasteiger partial charge is 0.396 e. The highest BCUT2D eigenvalue weighted by Crippen LogP contribution is 2.27. The van der Waals surface area contributed by atoms with E-state index in [1.54, 1.807) is 11.9 Å². The summed E-state index contributed by atoms with van der Waals surface area (Å²) in [5, 5.41) is 10.2. The van der Waals surface area contributed by atoms with Crippen LogP contribution >= 0.6 is 11.3 Å². The lowest BCUT2D eigenvalue weighted by Gasteiger charge is -2.28. The third-order valence-corrected chi connectivity index (χ3v) is 4.53. The summed E-state index contributed by atoms with van der Waals surface area (Å²) in [6, 6.07) is 9.66. The Labute approximate surface area is 129 Å². The van der Waals surface area contributed by atoms with Crippen LogP contribution in [0.15, 0.2) is 30.3 Å². The quantitative estimate of drug-likeness (QED) is 0.924. The van der Waals surface area contributed by atoms with Crippen molar-refractivity contribution in [2.75, 3.05) is 13.7 Å². The predicted molar refractivity (Wildman–Crippen MR) is 84.6 cm³/mol. The number of benzene rings is 1. The molecule has 0 fully saturated rings. The van der Waals surface area contributed by atoms with Gasteiger partial charge in [-0.3, -0.25) is 4.79 Å². The van der Waals surface area contributed by atoms with Gasteiger partial charge < -0.3 is 10.0 Å². The Hall–Kier alpha value is -1.72. The van der Waals surface area contributed by atoms with E-state index in [0.717, 1.165) is 16.3 Å². The first-order valence-electron chi connectivity index (χ1n) is 6.91. The van der Waals surface area contributed by atoms with Crippen LogP contribution in [0.4, 0.5) is 0 Å². The number of nitrogens with zero attached hydrogens (tertiary/aromatic N) is 2. The van der Waals surface area contributed by atoms with Crippen molar-refractivity contribution in [3.8, 4) is 0 Å². The van der Waals surface area contributed by atoms with E-state index in [0.29, 0.717) is 11.3 Å². The zero-order valence-corrected chi connectivity index (χ0v) is 13.4. The normalized spacial score (nSPS) is 12.2. The maximum Gasteiger partial charge on any atom is 0.266 e. The maximum atomic E-state index is 12.7. The summed E-state index contributed by atoms with van der Waals surface area (Å²) >= 11 is 1.42. The lowest BCUT2D eigenvalue weighted by Crippen LogP contribution is -2.31. The molecular weight excluding hydrogens is 284 g/mol. The average Bonchev–Trinajstić information content (AvgIpc) is 2.83. The van der Waals surface area contributed by atoms with Gasteiger partial charge in [0.2, 0.25) is 0 Å². The van der Waals surface area contributed by atoms with E-state index in [1.165, 1.54) is 11.3 Å². The minimum Gasteiger partial charge on any atom is -0.396 e. The van der Waals surface area contributed by atoms with Gasteiger partial charge in [0.05, 0.1) is 16.7 Å². The predicted octanol–water partition coefficient (Wildman–Crippen LogP) is 2.96. The summed E-state index contributed by atoms with van der Waals surface area (Å²) in [4.78, 5) is 19.4. The van der Waals surface area contributed by atoms with E-state index in [9.17, 15) is 9.90 Å². The molecule has 0 spiro atoms. The van der Waals surface area contributed by atoms with Crippen LogP contribution in [0.25, 0.3) is 0 Å². The molecule has 0 bridgehead atoms. The van der Waals surface area contributed by atoms with Gasteiger partial charge >= 0.3 is 0 Å². The van der Waals surface area contributed by atoms with Crippen molar-refractivity contribution in [1.82, 2.24) is 9.88 Å². The van der Waals surface area contributed by atoms with Gasteiger partial charge in [0.25, 0.3) is 5.91 Å². The second-order valence-corrected chi connectivity index (χ2v) is 6.21. The minimum absolute atomic E-state index is 0.0396. The zero-order chi connectivity index (χ0) is 15.4. The Kier molecular flexibility index (Phi) is 5.09.